The molecule has 4 rings (SSSR count). The second-order valence-electron chi connectivity index (χ2n) is 6.93. The zero-order valence-electron chi connectivity index (χ0n) is 15.9. The van der Waals surface area contributed by atoms with Crippen molar-refractivity contribution in [1.82, 2.24) is 4.57 Å². The van der Waals surface area contributed by atoms with Crippen LogP contribution in [0.2, 0.25) is 0 Å². The molecule has 1 aliphatic heterocycles. The van der Waals surface area contributed by atoms with Gasteiger partial charge < -0.3 is 19.4 Å². The van der Waals surface area contributed by atoms with Gasteiger partial charge in [0.2, 0.25) is 0 Å². The van der Waals surface area contributed by atoms with Crippen molar-refractivity contribution in [3.8, 4) is 17.0 Å². The highest BCUT2D eigenvalue weighted by atomic mass is 16.5. The number of carbonyl (C=O) groups excluding carboxylic acids is 1. The number of ether oxygens (including phenoxy) is 2. The highest BCUT2D eigenvalue weighted by molar-refractivity contribution is 6.04. The van der Waals surface area contributed by atoms with Gasteiger partial charge in [-0.1, -0.05) is 42.5 Å². The molecule has 144 valence electrons. The zero-order chi connectivity index (χ0) is 19.3. The van der Waals surface area contributed by atoms with Crippen LogP contribution in [-0.4, -0.2) is 29.8 Å². The van der Waals surface area contributed by atoms with Gasteiger partial charge in [-0.3, -0.25) is 4.79 Å². The summed E-state index contributed by atoms with van der Waals surface area (Å²) in [5.41, 5.74) is 3.32. The number of nitrogens with one attached hydrogen (secondary N) is 1. The smallest absolute Gasteiger partial charge is 0.272 e. The minimum Gasteiger partial charge on any atom is -0.489 e. The lowest BCUT2D eigenvalue weighted by Crippen LogP contribution is -2.19. The Kier molecular flexibility index (Phi) is 5.44. The summed E-state index contributed by atoms with van der Waals surface area (Å²) >= 11 is 0. The Bertz CT molecular complexity index is 943. The minimum absolute atomic E-state index is 0.130. The summed E-state index contributed by atoms with van der Waals surface area (Å²) in [5.74, 6) is 0.488. The molecular weight excluding hydrogens is 352 g/mol. The fourth-order valence-corrected chi connectivity index (χ4v) is 3.48. The molecule has 0 bridgehead atoms. The monoisotopic (exact) mass is 376 g/mol. The Morgan fingerprint density at radius 3 is 2.68 bits per heavy atom. The van der Waals surface area contributed by atoms with Crippen molar-refractivity contribution < 1.29 is 14.3 Å². The number of aromatic nitrogens is 1. The fraction of sp³-hybridized carbons (Fsp3) is 0.261. The van der Waals surface area contributed by atoms with E-state index in [9.17, 15) is 4.79 Å². The average molecular weight is 376 g/mol. The third-order valence-electron chi connectivity index (χ3n) is 5.01. The molecule has 1 atom stereocenters. The van der Waals surface area contributed by atoms with E-state index in [1.54, 1.807) is 0 Å². The van der Waals surface area contributed by atoms with Crippen molar-refractivity contribution in [2.75, 3.05) is 18.5 Å². The van der Waals surface area contributed by atoms with E-state index in [4.69, 9.17) is 9.47 Å². The van der Waals surface area contributed by atoms with Crippen LogP contribution in [0.15, 0.2) is 66.7 Å². The molecule has 3 aromatic rings. The molecule has 28 heavy (non-hydrogen) atoms. The molecule has 0 saturated carbocycles. The second-order valence-corrected chi connectivity index (χ2v) is 6.93. The number of rotatable bonds is 6. The van der Waals surface area contributed by atoms with Gasteiger partial charge in [-0.05, 0) is 42.7 Å². The number of para-hydroxylation sites is 2. The van der Waals surface area contributed by atoms with Crippen LogP contribution in [0.1, 0.15) is 23.3 Å². The predicted molar refractivity (Wildman–Crippen MR) is 110 cm³/mol. The van der Waals surface area contributed by atoms with Crippen LogP contribution in [-0.2, 0) is 11.8 Å². The van der Waals surface area contributed by atoms with Gasteiger partial charge in [0, 0.05) is 19.3 Å². The van der Waals surface area contributed by atoms with E-state index in [0.717, 1.165) is 30.7 Å². The first kappa shape index (κ1) is 18.3. The summed E-state index contributed by atoms with van der Waals surface area (Å²) in [6.45, 7) is 1.29. The number of benzene rings is 2. The maximum absolute atomic E-state index is 12.9. The van der Waals surface area contributed by atoms with Crippen LogP contribution in [0.5, 0.6) is 5.75 Å². The summed E-state index contributed by atoms with van der Waals surface area (Å²) in [6.07, 6.45) is 2.22. The Morgan fingerprint density at radius 1 is 1.11 bits per heavy atom. The van der Waals surface area contributed by atoms with E-state index < -0.39 is 0 Å². The molecule has 0 radical (unpaired) electrons. The van der Waals surface area contributed by atoms with Crippen molar-refractivity contribution in [3.63, 3.8) is 0 Å². The minimum atomic E-state index is -0.169. The predicted octanol–water partition coefficient (Wildman–Crippen LogP) is 4.50. The number of amides is 1. The molecule has 1 unspecified atom stereocenters. The summed E-state index contributed by atoms with van der Waals surface area (Å²) in [5, 5.41) is 2.98. The lowest BCUT2D eigenvalue weighted by molar-refractivity contribution is 0.0682. The molecule has 2 aromatic carbocycles. The van der Waals surface area contributed by atoms with Crippen LogP contribution >= 0.6 is 0 Å². The van der Waals surface area contributed by atoms with Crippen LogP contribution in [0, 0.1) is 0 Å². The summed E-state index contributed by atoms with van der Waals surface area (Å²) in [4.78, 5) is 12.9. The number of hydrogen-bond acceptors (Lipinski definition) is 3. The van der Waals surface area contributed by atoms with Crippen LogP contribution in [0.4, 0.5) is 5.69 Å². The van der Waals surface area contributed by atoms with E-state index in [2.05, 4.69) is 5.32 Å². The molecule has 2 heterocycles. The quantitative estimate of drug-likeness (QED) is 0.689. The van der Waals surface area contributed by atoms with E-state index in [1.807, 2.05) is 78.3 Å². The Morgan fingerprint density at radius 2 is 1.89 bits per heavy atom. The highest BCUT2D eigenvalue weighted by Gasteiger charge is 2.18. The molecule has 5 heteroatoms. The molecule has 0 aliphatic carbocycles. The first-order valence-electron chi connectivity index (χ1n) is 9.58. The molecule has 5 nitrogen and oxygen atoms in total. The largest absolute Gasteiger partial charge is 0.489 e. The molecule has 1 amide bonds. The van der Waals surface area contributed by atoms with Crippen molar-refractivity contribution >= 4 is 11.6 Å². The van der Waals surface area contributed by atoms with Gasteiger partial charge in [0.15, 0.2) is 0 Å². The lowest BCUT2D eigenvalue weighted by Gasteiger charge is -2.15. The number of anilines is 1. The molecule has 1 aromatic heterocycles. The van der Waals surface area contributed by atoms with Crippen molar-refractivity contribution in [3.05, 3.63) is 72.4 Å². The maximum atomic E-state index is 12.9. The second kappa shape index (κ2) is 8.31. The van der Waals surface area contributed by atoms with E-state index in [1.165, 1.54) is 0 Å². The first-order chi connectivity index (χ1) is 13.7. The van der Waals surface area contributed by atoms with Crippen molar-refractivity contribution in [2.24, 2.45) is 7.05 Å². The summed E-state index contributed by atoms with van der Waals surface area (Å²) in [7, 11) is 1.90. The molecule has 1 fully saturated rings. The number of nitrogens with zero attached hydrogens (tertiary/aromatic N) is 1. The first-order valence-corrected chi connectivity index (χ1v) is 9.58. The van der Waals surface area contributed by atoms with Crippen LogP contribution in [0.25, 0.3) is 11.3 Å². The molecule has 1 N–H and O–H groups in total. The van der Waals surface area contributed by atoms with E-state index in [-0.39, 0.29) is 12.0 Å². The van der Waals surface area contributed by atoms with Crippen LogP contribution in [0.3, 0.4) is 0 Å². The lowest BCUT2D eigenvalue weighted by atomic mass is 10.2. The van der Waals surface area contributed by atoms with Crippen molar-refractivity contribution in [1.29, 1.82) is 0 Å². The number of carbonyl (C=O) groups is 1. The van der Waals surface area contributed by atoms with Gasteiger partial charge in [-0.25, -0.2) is 0 Å². The Hall–Kier alpha value is -3.05. The fourth-order valence-electron chi connectivity index (χ4n) is 3.48. The average Bonchev–Trinajstić information content (AvgIpc) is 3.37. The Labute approximate surface area is 164 Å². The molecule has 1 aliphatic rings. The summed E-state index contributed by atoms with van der Waals surface area (Å²) in [6, 6.07) is 21.3. The normalized spacial score (nSPS) is 16.1. The van der Waals surface area contributed by atoms with Crippen LogP contribution < -0.4 is 10.1 Å². The van der Waals surface area contributed by atoms with Gasteiger partial charge in [0.05, 0.1) is 11.8 Å². The maximum Gasteiger partial charge on any atom is 0.272 e. The van der Waals surface area contributed by atoms with Gasteiger partial charge in [-0.15, -0.1) is 0 Å². The van der Waals surface area contributed by atoms with E-state index >= 15 is 0 Å². The molecular formula is C23H24N2O3. The van der Waals surface area contributed by atoms with Gasteiger partial charge in [0.25, 0.3) is 5.91 Å². The topological polar surface area (TPSA) is 52.5 Å². The third kappa shape index (κ3) is 3.94. The zero-order valence-corrected chi connectivity index (χ0v) is 15.9. The van der Waals surface area contributed by atoms with Crippen molar-refractivity contribution in [2.45, 2.75) is 18.9 Å². The molecule has 0 spiro atoms. The Balaban J connectivity index is 1.49. The standard InChI is InChI=1S/C23H24N2O3/c1-25-20(17-8-3-2-4-9-17)13-14-21(25)23(26)24-19-11-5-6-12-22(19)28-16-18-10-7-15-27-18/h2-6,8-9,11-14,18H,7,10,15-16H2,1H3,(H,24,26). The SMILES string of the molecule is Cn1c(C(=O)Nc2ccccc2OCC2CCCO2)ccc1-c1ccccc1. The summed E-state index contributed by atoms with van der Waals surface area (Å²) < 4.78 is 13.4. The van der Waals surface area contributed by atoms with E-state index in [0.29, 0.717) is 23.7 Å². The van der Waals surface area contributed by atoms with Gasteiger partial charge in [-0.2, -0.15) is 0 Å². The van der Waals surface area contributed by atoms with Gasteiger partial charge >= 0.3 is 0 Å². The number of hydrogen-bond donors (Lipinski definition) is 1. The van der Waals surface area contributed by atoms with Gasteiger partial charge in [0.1, 0.15) is 18.1 Å². The highest BCUT2D eigenvalue weighted by Crippen LogP contribution is 2.27. The molecule has 1 saturated heterocycles. The third-order valence-corrected chi connectivity index (χ3v) is 5.01.